The van der Waals surface area contributed by atoms with Crippen LogP contribution in [-0.2, 0) is 0 Å². The molecule has 0 spiro atoms. The Bertz CT molecular complexity index is 62.2. The molecule has 34 valence electrons. The lowest BCUT2D eigenvalue weighted by molar-refractivity contribution is 1.39. The molecule has 0 atom stereocenters. The smallest absolute Gasteiger partial charge is 0.0535 e. The molecule has 0 unspecified atom stereocenters. The van der Waals surface area contributed by atoms with Crippen LogP contribution >= 0.6 is 0 Å². The molecule has 0 radical (unpaired) electrons. The minimum atomic E-state index is 0.889. The van der Waals surface area contributed by atoms with Crippen LogP contribution in [0.5, 0.6) is 0 Å². The van der Waals surface area contributed by atoms with E-state index in [4.69, 9.17) is 1.37 Å². The third-order valence-electron chi connectivity index (χ3n) is 0.508. The number of rotatable bonds is 2. The topological polar surface area (TPSA) is 0 Å². The van der Waals surface area contributed by atoms with Gasteiger partial charge in [0.25, 0.3) is 0 Å². The third kappa shape index (κ3) is 3.48. The van der Waals surface area contributed by atoms with Crippen molar-refractivity contribution in [3.05, 3.63) is 24.8 Å². The van der Waals surface area contributed by atoms with Crippen molar-refractivity contribution in [3.8, 4) is 0 Å². The lowest BCUT2D eigenvalue weighted by Gasteiger charge is -1.69. The lowest BCUT2D eigenvalue weighted by Crippen LogP contribution is -1.48. The molecule has 6 heavy (non-hydrogen) atoms. The Morgan fingerprint density at radius 2 is 2.83 bits per heavy atom. The highest BCUT2D eigenvalue weighted by Gasteiger charge is 1.57. The summed E-state index contributed by atoms with van der Waals surface area (Å²) in [5.74, 6) is 0. The maximum atomic E-state index is 6.57. The first-order valence-corrected chi connectivity index (χ1v) is 2.06. The molecule has 0 N–H and O–H groups in total. The van der Waals surface area contributed by atoms with Crippen molar-refractivity contribution in [2.24, 2.45) is 0 Å². The van der Waals surface area contributed by atoms with Crippen molar-refractivity contribution in [2.75, 3.05) is 0 Å². The Morgan fingerprint density at radius 1 is 2.00 bits per heavy atom. The molecule has 0 heteroatoms. The number of allylic oxidation sites excluding steroid dienone is 3. The van der Waals surface area contributed by atoms with Crippen molar-refractivity contribution in [3.63, 3.8) is 0 Å². The van der Waals surface area contributed by atoms with Crippen LogP contribution < -0.4 is 0 Å². The first kappa shape index (κ1) is 3.66. The van der Waals surface area contributed by atoms with Crippen molar-refractivity contribution in [2.45, 2.75) is 13.3 Å². The second-order valence-corrected chi connectivity index (χ2v) is 1.04. The predicted octanol–water partition coefficient (Wildman–Crippen LogP) is 2.14. The highest BCUT2D eigenvalue weighted by molar-refractivity contribution is 4.85. The molecule has 0 aromatic carbocycles. The summed E-state index contributed by atoms with van der Waals surface area (Å²) in [5, 5.41) is 0. The van der Waals surface area contributed by atoms with Gasteiger partial charge in [0.1, 0.15) is 0 Å². The minimum absolute atomic E-state index is 0.889. The summed E-state index contributed by atoms with van der Waals surface area (Å²) in [6.45, 7) is 3.28. The maximum Gasteiger partial charge on any atom is 0.0535 e. The Labute approximate surface area is 40.6 Å². The van der Waals surface area contributed by atoms with Crippen molar-refractivity contribution in [1.29, 1.82) is 0 Å². The van der Waals surface area contributed by atoms with Gasteiger partial charge in [-0.2, -0.15) is 0 Å². The molecular formula is C6H10. The summed E-state index contributed by atoms with van der Waals surface area (Å²) in [6, 6.07) is 0. The maximum absolute atomic E-state index is 6.57. The van der Waals surface area contributed by atoms with Gasteiger partial charge in [0.2, 0.25) is 0 Å². The van der Waals surface area contributed by atoms with E-state index in [0.29, 0.717) is 0 Å². The standard InChI is InChI=1S/C6H10/c1-3-5-6-4-2/h3-4,6H,1,5H2,2H3/i1D/b3-1+,6-4?. The summed E-state index contributed by atoms with van der Waals surface area (Å²) < 4.78 is 6.57. The molecule has 0 rings (SSSR count). The van der Waals surface area contributed by atoms with E-state index in [2.05, 4.69) is 0 Å². The van der Waals surface area contributed by atoms with Gasteiger partial charge in [0.15, 0.2) is 0 Å². The normalized spacial score (nSPS) is 13.8. The summed E-state index contributed by atoms with van der Waals surface area (Å²) in [5.41, 5.74) is 0. The monoisotopic (exact) mass is 83.1 g/mol. The van der Waals surface area contributed by atoms with Crippen LogP contribution in [0.2, 0.25) is 0 Å². The van der Waals surface area contributed by atoms with Crippen LogP contribution in [0.3, 0.4) is 0 Å². The predicted molar refractivity (Wildman–Crippen MR) is 29.6 cm³/mol. The molecule has 0 aromatic heterocycles. The summed E-state index contributed by atoms with van der Waals surface area (Å²) in [4.78, 5) is 0. The molecule has 0 heterocycles. The molecule has 0 fully saturated rings. The van der Waals surface area contributed by atoms with Gasteiger partial charge in [-0.05, 0) is 13.3 Å². The first-order valence-electron chi connectivity index (χ1n) is 2.64. The highest BCUT2D eigenvalue weighted by atomic mass is 13.6. The molecule has 0 aliphatic rings. The van der Waals surface area contributed by atoms with E-state index in [0.717, 1.165) is 6.42 Å². The third-order valence-corrected chi connectivity index (χ3v) is 0.508. The van der Waals surface area contributed by atoms with Crippen molar-refractivity contribution >= 4 is 0 Å². The average molecular weight is 83.2 g/mol. The molecule has 0 aromatic rings. The van der Waals surface area contributed by atoms with E-state index in [-0.39, 0.29) is 0 Å². The lowest BCUT2D eigenvalue weighted by atomic mass is 10.4. The van der Waals surface area contributed by atoms with Crippen LogP contribution in [-0.4, -0.2) is 0 Å². The zero-order valence-electron chi connectivity index (χ0n) is 5.02. The van der Waals surface area contributed by atoms with Gasteiger partial charge in [-0.25, -0.2) is 0 Å². The van der Waals surface area contributed by atoms with Gasteiger partial charge < -0.3 is 0 Å². The second-order valence-electron chi connectivity index (χ2n) is 1.04. The Hall–Kier alpha value is -0.520. The summed E-state index contributed by atoms with van der Waals surface area (Å²) >= 11 is 0. The largest absolute Gasteiger partial charge is 0.103 e. The Morgan fingerprint density at radius 3 is 3.33 bits per heavy atom. The minimum Gasteiger partial charge on any atom is -0.103 e. The summed E-state index contributed by atoms with van der Waals surface area (Å²) in [7, 11) is 0. The van der Waals surface area contributed by atoms with E-state index in [1.54, 1.807) is 6.08 Å². The van der Waals surface area contributed by atoms with Gasteiger partial charge in [0.05, 0.1) is 1.37 Å². The van der Waals surface area contributed by atoms with Crippen molar-refractivity contribution in [1.82, 2.24) is 0 Å². The molecule has 0 saturated heterocycles. The van der Waals surface area contributed by atoms with Gasteiger partial charge in [-0.15, -0.1) is 6.55 Å². The number of hydrogen-bond donors (Lipinski definition) is 0. The zero-order chi connectivity index (χ0) is 5.54. The van der Waals surface area contributed by atoms with Crippen LogP contribution in [0.4, 0.5) is 0 Å². The van der Waals surface area contributed by atoms with E-state index < -0.39 is 0 Å². The summed E-state index contributed by atoms with van der Waals surface area (Å²) in [6.07, 6.45) is 6.66. The molecule has 0 bridgehead atoms. The van der Waals surface area contributed by atoms with E-state index in [1.807, 2.05) is 19.1 Å². The van der Waals surface area contributed by atoms with Gasteiger partial charge in [-0.1, -0.05) is 18.2 Å². The quantitative estimate of drug-likeness (QED) is 0.449. The van der Waals surface area contributed by atoms with Gasteiger partial charge >= 0.3 is 0 Å². The van der Waals surface area contributed by atoms with E-state index >= 15 is 0 Å². The second kappa shape index (κ2) is 4.48. The van der Waals surface area contributed by atoms with Gasteiger partial charge in [-0.3, -0.25) is 0 Å². The fraction of sp³-hybridized carbons (Fsp3) is 0.333. The fourth-order valence-electron chi connectivity index (χ4n) is 0.215. The Balaban J connectivity index is 2.98. The molecule has 0 aliphatic heterocycles. The molecule has 0 aliphatic carbocycles. The van der Waals surface area contributed by atoms with E-state index in [9.17, 15) is 0 Å². The van der Waals surface area contributed by atoms with Crippen LogP contribution in [0.1, 0.15) is 14.7 Å². The molecular weight excluding hydrogens is 72.1 g/mol. The van der Waals surface area contributed by atoms with Crippen LogP contribution in [0.15, 0.2) is 24.8 Å². The van der Waals surface area contributed by atoms with Crippen molar-refractivity contribution < 1.29 is 1.37 Å². The van der Waals surface area contributed by atoms with Gasteiger partial charge in [0, 0.05) is 0 Å². The van der Waals surface area contributed by atoms with E-state index in [1.165, 1.54) is 6.55 Å². The van der Waals surface area contributed by atoms with Crippen LogP contribution in [0.25, 0.3) is 0 Å². The Kier molecular flexibility index (Phi) is 2.73. The molecule has 0 saturated carbocycles. The SMILES string of the molecule is [2H]/C=C/CC=CC. The fourth-order valence-corrected chi connectivity index (χ4v) is 0.215. The molecule has 0 nitrogen and oxygen atoms in total. The molecule has 0 amide bonds. The first-order chi connectivity index (χ1) is 3.41. The average Bonchev–Trinajstić information content (AvgIpc) is 1.69. The van der Waals surface area contributed by atoms with Crippen LogP contribution in [0, 0.1) is 0 Å². The zero-order valence-corrected chi connectivity index (χ0v) is 4.02. The number of hydrogen-bond acceptors (Lipinski definition) is 0. The highest BCUT2D eigenvalue weighted by Crippen LogP contribution is 1.78.